The Hall–Kier alpha value is -0.830. The molecule has 84 valence electrons. The van der Waals surface area contributed by atoms with Crippen molar-refractivity contribution in [1.29, 1.82) is 0 Å². The highest BCUT2D eigenvalue weighted by atomic mass is 16.3. The molecule has 1 unspecified atom stereocenters. The molecule has 0 saturated heterocycles. The molecule has 1 atom stereocenters. The Morgan fingerprint density at radius 3 is 2.87 bits per heavy atom. The molecule has 1 saturated carbocycles. The van der Waals surface area contributed by atoms with E-state index in [0.29, 0.717) is 5.92 Å². The van der Waals surface area contributed by atoms with Gasteiger partial charge in [-0.15, -0.1) is 0 Å². The summed E-state index contributed by atoms with van der Waals surface area (Å²) in [7, 11) is 2.00. The summed E-state index contributed by atoms with van der Waals surface area (Å²) >= 11 is 0. The fourth-order valence-corrected chi connectivity index (χ4v) is 2.49. The van der Waals surface area contributed by atoms with Crippen molar-refractivity contribution >= 4 is 0 Å². The molecule has 1 aliphatic carbocycles. The minimum absolute atomic E-state index is 0.121. The monoisotopic (exact) mass is 208 g/mol. The first-order chi connectivity index (χ1) is 7.27. The van der Waals surface area contributed by atoms with Gasteiger partial charge in [-0.3, -0.25) is 0 Å². The molecule has 0 amide bonds. The Bertz CT molecular complexity index is 302. The summed E-state index contributed by atoms with van der Waals surface area (Å²) in [5.74, 6) is 1.62. The summed E-state index contributed by atoms with van der Waals surface area (Å²) in [6, 6.07) is 0. The van der Waals surface area contributed by atoms with Gasteiger partial charge in [0.25, 0.3) is 0 Å². The number of imidazole rings is 1. The van der Waals surface area contributed by atoms with E-state index >= 15 is 0 Å². The van der Waals surface area contributed by atoms with Gasteiger partial charge in [-0.1, -0.05) is 12.8 Å². The highest BCUT2D eigenvalue weighted by molar-refractivity contribution is 4.92. The first-order valence-electron chi connectivity index (χ1n) is 5.91. The van der Waals surface area contributed by atoms with Crippen LogP contribution in [0.3, 0.4) is 0 Å². The van der Waals surface area contributed by atoms with Crippen molar-refractivity contribution < 1.29 is 5.11 Å². The van der Waals surface area contributed by atoms with Crippen LogP contribution in [0.4, 0.5) is 0 Å². The Kier molecular flexibility index (Phi) is 3.41. The van der Waals surface area contributed by atoms with Crippen LogP contribution in [0.25, 0.3) is 0 Å². The zero-order valence-electron chi connectivity index (χ0n) is 9.39. The van der Waals surface area contributed by atoms with Gasteiger partial charge in [0.05, 0.1) is 6.10 Å². The summed E-state index contributed by atoms with van der Waals surface area (Å²) in [5.41, 5.74) is 0. The minimum Gasteiger partial charge on any atom is -0.393 e. The summed E-state index contributed by atoms with van der Waals surface area (Å²) in [4.78, 5) is 4.27. The molecule has 1 heterocycles. The number of hydrogen-bond acceptors (Lipinski definition) is 2. The summed E-state index contributed by atoms with van der Waals surface area (Å²) in [5, 5.41) is 10.0. The average molecular weight is 208 g/mol. The molecule has 0 aliphatic heterocycles. The van der Waals surface area contributed by atoms with Gasteiger partial charge in [0, 0.05) is 25.9 Å². The molecule has 1 aromatic heterocycles. The van der Waals surface area contributed by atoms with Gasteiger partial charge >= 0.3 is 0 Å². The molecule has 2 rings (SSSR count). The van der Waals surface area contributed by atoms with Crippen molar-refractivity contribution in [1.82, 2.24) is 9.55 Å². The lowest BCUT2D eigenvalue weighted by Crippen LogP contribution is -2.19. The Balaban J connectivity index is 1.80. The third-order valence-corrected chi connectivity index (χ3v) is 3.53. The normalized spacial score (nSPS) is 19.6. The van der Waals surface area contributed by atoms with Crippen molar-refractivity contribution in [2.75, 3.05) is 0 Å². The smallest absolute Gasteiger partial charge is 0.108 e. The van der Waals surface area contributed by atoms with Crippen molar-refractivity contribution in [2.45, 2.75) is 44.6 Å². The zero-order valence-corrected chi connectivity index (χ0v) is 9.39. The number of nitrogens with zero attached hydrogens (tertiary/aromatic N) is 2. The maximum Gasteiger partial charge on any atom is 0.108 e. The maximum atomic E-state index is 10.0. The van der Waals surface area contributed by atoms with E-state index in [2.05, 4.69) is 4.98 Å². The molecule has 1 fully saturated rings. The first kappa shape index (κ1) is 10.7. The lowest BCUT2D eigenvalue weighted by molar-refractivity contribution is 0.101. The quantitative estimate of drug-likeness (QED) is 0.820. The predicted octanol–water partition coefficient (Wildman–Crippen LogP) is 1.90. The van der Waals surface area contributed by atoms with Crippen LogP contribution in [0.2, 0.25) is 0 Å². The fraction of sp³-hybridized carbons (Fsp3) is 0.750. The average Bonchev–Trinajstić information content (AvgIpc) is 2.85. The summed E-state index contributed by atoms with van der Waals surface area (Å²) < 4.78 is 2.03. The van der Waals surface area contributed by atoms with Crippen LogP contribution in [0.1, 0.15) is 37.9 Å². The molecule has 3 nitrogen and oxygen atoms in total. The number of aliphatic hydroxyl groups is 1. The van der Waals surface area contributed by atoms with Gasteiger partial charge in [0.2, 0.25) is 0 Å². The van der Waals surface area contributed by atoms with E-state index in [9.17, 15) is 5.11 Å². The minimum atomic E-state index is -0.121. The van der Waals surface area contributed by atoms with E-state index in [-0.39, 0.29) is 6.10 Å². The van der Waals surface area contributed by atoms with Crippen molar-refractivity contribution in [2.24, 2.45) is 13.0 Å². The number of aliphatic hydroxyl groups excluding tert-OH is 1. The van der Waals surface area contributed by atoms with Crippen LogP contribution in [0, 0.1) is 5.92 Å². The van der Waals surface area contributed by atoms with Crippen LogP contribution in [0.5, 0.6) is 0 Å². The molecule has 0 aromatic carbocycles. The molecule has 0 bridgehead atoms. The number of aromatic nitrogens is 2. The lowest BCUT2D eigenvalue weighted by atomic mass is 9.97. The van der Waals surface area contributed by atoms with E-state index in [4.69, 9.17) is 0 Å². The molecule has 0 spiro atoms. The molecular weight excluding hydrogens is 188 g/mol. The van der Waals surface area contributed by atoms with Crippen LogP contribution >= 0.6 is 0 Å². The number of hydrogen-bond donors (Lipinski definition) is 1. The molecule has 3 heteroatoms. The second-order valence-electron chi connectivity index (χ2n) is 4.60. The SMILES string of the molecule is Cn1ccnc1CCC(O)C1CCCC1. The van der Waals surface area contributed by atoms with Crippen molar-refractivity contribution in [3.05, 3.63) is 18.2 Å². The number of aryl methyl sites for hydroxylation is 2. The molecule has 1 aromatic rings. The van der Waals surface area contributed by atoms with Crippen LogP contribution < -0.4 is 0 Å². The summed E-state index contributed by atoms with van der Waals surface area (Å²) in [6.45, 7) is 0. The Morgan fingerprint density at radius 1 is 1.53 bits per heavy atom. The Morgan fingerprint density at radius 2 is 2.27 bits per heavy atom. The topological polar surface area (TPSA) is 38.0 Å². The molecular formula is C12H20N2O. The largest absolute Gasteiger partial charge is 0.393 e. The third kappa shape index (κ3) is 2.59. The molecule has 1 aliphatic rings. The standard InChI is InChI=1S/C12H20N2O/c1-14-9-8-13-12(14)7-6-11(15)10-4-2-3-5-10/h8-11,15H,2-7H2,1H3. The maximum absolute atomic E-state index is 10.0. The summed E-state index contributed by atoms with van der Waals surface area (Å²) in [6.07, 6.45) is 10.4. The predicted molar refractivity (Wildman–Crippen MR) is 59.5 cm³/mol. The van der Waals surface area contributed by atoms with Gasteiger partial charge in [0.15, 0.2) is 0 Å². The Labute approximate surface area is 91.1 Å². The van der Waals surface area contributed by atoms with Crippen LogP contribution in [0.15, 0.2) is 12.4 Å². The lowest BCUT2D eigenvalue weighted by Gasteiger charge is -2.17. The van der Waals surface area contributed by atoms with E-state index in [1.165, 1.54) is 25.7 Å². The highest BCUT2D eigenvalue weighted by Crippen LogP contribution is 2.29. The third-order valence-electron chi connectivity index (χ3n) is 3.53. The molecule has 0 radical (unpaired) electrons. The second kappa shape index (κ2) is 4.79. The first-order valence-corrected chi connectivity index (χ1v) is 5.91. The van der Waals surface area contributed by atoms with Gasteiger partial charge < -0.3 is 9.67 Å². The van der Waals surface area contributed by atoms with E-state index in [1.54, 1.807) is 0 Å². The van der Waals surface area contributed by atoms with E-state index < -0.39 is 0 Å². The fourth-order valence-electron chi connectivity index (χ4n) is 2.49. The van der Waals surface area contributed by atoms with Gasteiger partial charge in [-0.25, -0.2) is 4.98 Å². The van der Waals surface area contributed by atoms with Crippen LogP contribution in [-0.2, 0) is 13.5 Å². The van der Waals surface area contributed by atoms with Crippen molar-refractivity contribution in [3.8, 4) is 0 Å². The van der Waals surface area contributed by atoms with Crippen LogP contribution in [-0.4, -0.2) is 20.8 Å². The van der Waals surface area contributed by atoms with Gasteiger partial charge in [0.1, 0.15) is 5.82 Å². The molecule has 15 heavy (non-hydrogen) atoms. The van der Waals surface area contributed by atoms with E-state index in [1.807, 2.05) is 24.0 Å². The van der Waals surface area contributed by atoms with Gasteiger partial charge in [-0.05, 0) is 25.2 Å². The second-order valence-corrected chi connectivity index (χ2v) is 4.60. The van der Waals surface area contributed by atoms with Crippen molar-refractivity contribution in [3.63, 3.8) is 0 Å². The van der Waals surface area contributed by atoms with E-state index in [0.717, 1.165) is 18.7 Å². The molecule has 1 N–H and O–H groups in total. The van der Waals surface area contributed by atoms with Gasteiger partial charge in [-0.2, -0.15) is 0 Å². The number of rotatable bonds is 4. The zero-order chi connectivity index (χ0) is 10.7. The highest BCUT2D eigenvalue weighted by Gasteiger charge is 2.22.